The van der Waals surface area contributed by atoms with E-state index in [0.717, 1.165) is 17.7 Å². The van der Waals surface area contributed by atoms with Crippen molar-refractivity contribution in [3.05, 3.63) is 89.2 Å². The minimum Gasteiger partial charge on any atom is -0.497 e. The quantitative estimate of drug-likeness (QED) is 0.534. The Morgan fingerprint density at radius 1 is 1.00 bits per heavy atom. The van der Waals surface area contributed by atoms with E-state index in [2.05, 4.69) is 0 Å². The monoisotopic (exact) mass is 419 g/mol. The molecule has 0 fully saturated rings. The topological polar surface area (TPSA) is 46.6 Å². The van der Waals surface area contributed by atoms with Gasteiger partial charge in [0, 0.05) is 0 Å². The third-order valence-electron chi connectivity index (χ3n) is 4.41. The molecule has 1 atom stereocenters. The minimum atomic E-state index is -4.02. The Morgan fingerprint density at radius 2 is 1.64 bits per heavy atom. The zero-order chi connectivity index (χ0) is 20.3. The smallest absolute Gasteiger partial charge is 0.264 e. The summed E-state index contributed by atoms with van der Waals surface area (Å²) in [6.07, 6.45) is 0. The predicted octanol–water partition coefficient (Wildman–Crippen LogP) is 5.44. The van der Waals surface area contributed by atoms with Crippen molar-refractivity contribution < 1.29 is 17.5 Å². The van der Waals surface area contributed by atoms with Crippen LogP contribution in [0, 0.1) is 5.82 Å². The number of nitrogens with zero attached hydrogens (tertiary/aromatic N) is 1. The van der Waals surface area contributed by atoms with E-state index in [9.17, 15) is 12.8 Å². The van der Waals surface area contributed by atoms with Crippen LogP contribution in [0.4, 0.5) is 10.1 Å². The van der Waals surface area contributed by atoms with E-state index < -0.39 is 21.9 Å². The van der Waals surface area contributed by atoms with Crippen molar-refractivity contribution in [2.45, 2.75) is 17.9 Å². The third kappa shape index (κ3) is 3.98. The predicted molar refractivity (Wildman–Crippen MR) is 109 cm³/mol. The first kappa shape index (κ1) is 20.2. The van der Waals surface area contributed by atoms with Crippen LogP contribution in [-0.4, -0.2) is 15.5 Å². The first-order chi connectivity index (χ1) is 13.3. The third-order valence-corrected chi connectivity index (χ3v) is 6.59. The van der Waals surface area contributed by atoms with Crippen LogP contribution in [0.15, 0.2) is 77.7 Å². The van der Waals surface area contributed by atoms with Gasteiger partial charge in [-0.15, -0.1) is 0 Å². The van der Waals surface area contributed by atoms with E-state index in [-0.39, 0.29) is 9.92 Å². The van der Waals surface area contributed by atoms with Gasteiger partial charge in [-0.3, -0.25) is 4.31 Å². The first-order valence-corrected chi connectivity index (χ1v) is 10.3. The van der Waals surface area contributed by atoms with E-state index >= 15 is 0 Å². The maximum Gasteiger partial charge on any atom is 0.264 e. The Balaban J connectivity index is 2.15. The first-order valence-electron chi connectivity index (χ1n) is 8.53. The van der Waals surface area contributed by atoms with Gasteiger partial charge in [0.15, 0.2) is 0 Å². The van der Waals surface area contributed by atoms with E-state index in [4.69, 9.17) is 16.3 Å². The fraction of sp³-hybridized carbons (Fsp3) is 0.143. The maximum atomic E-state index is 13.6. The Bertz CT molecular complexity index is 1060. The number of sulfonamides is 1. The average Bonchev–Trinajstić information content (AvgIpc) is 2.71. The Hall–Kier alpha value is -2.57. The molecule has 0 aliphatic heterocycles. The highest BCUT2D eigenvalue weighted by Crippen LogP contribution is 2.35. The molecule has 0 saturated heterocycles. The van der Waals surface area contributed by atoms with Crippen molar-refractivity contribution >= 4 is 27.3 Å². The summed E-state index contributed by atoms with van der Waals surface area (Å²) in [5.74, 6) is -0.0639. The Morgan fingerprint density at radius 3 is 2.21 bits per heavy atom. The highest BCUT2D eigenvalue weighted by molar-refractivity contribution is 7.92. The molecule has 28 heavy (non-hydrogen) atoms. The van der Waals surface area contributed by atoms with E-state index in [1.54, 1.807) is 31.2 Å². The number of rotatable bonds is 6. The molecule has 0 aromatic heterocycles. The lowest BCUT2D eigenvalue weighted by Crippen LogP contribution is -2.33. The number of halogens is 2. The van der Waals surface area contributed by atoms with Crippen molar-refractivity contribution in [3.8, 4) is 5.75 Å². The van der Waals surface area contributed by atoms with Gasteiger partial charge in [-0.05, 0) is 55.0 Å². The summed E-state index contributed by atoms with van der Waals surface area (Å²) < 4.78 is 47.0. The van der Waals surface area contributed by atoms with Crippen LogP contribution in [0.5, 0.6) is 5.75 Å². The Kier molecular flexibility index (Phi) is 5.91. The zero-order valence-corrected chi connectivity index (χ0v) is 16.9. The molecule has 0 aliphatic carbocycles. The second kappa shape index (κ2) is 8.20. The molecule has 4 nitrogen and oxygen atoms in total. The molecule has 3 rings (SSSR count). The van der Waals surface area contributed by atoms with Gasteiger partial charge < -0.3 is 4.74 Å². The second-order valence-corrected chi connectivity index (χ2v) is 8.38. The summed E-state index contributed by atoms with van der Waals surface area (Å²) in [5.41, 5.74) is 1.27. The SMILES string of the molecule is COc1ccc(N([C@H](C)c2ccccc2)S(=O)(=O)c2ccc(F)c(Cl)c2)cc1. The molecule has 0 saturated carbocycles. The van der Waals surface area contributed by atoms with Gasteiger partial charge in [-0.25, -0.2) is 12.8 Å². The number of ether oxygens (including phenoxy) is 1. The van der Waals surface area contributed by atoms with Gasteiger partial charge in [0.1, 0.15) is 11.6 Å². The van der Waals surface area contributed by atoms with Crippen molar-refractivity contribution in [3.63, 3.8) is 0 Å². The van der Waals surface area contributed by atoms with Crippen LogP contribution in [0.2, 0.25) is 5.02 Å². The molecule has 0 spiro atoms. The number of methoxy groups -OCH3 is 1. The van der Waals surface area contributed by atoms with Gasteiger partial charge >= 0.3 is 0 Å². The van der Waals surface area contributed by atoms with Crippen molar-refractivity contribution in [1.29, 1.82) is 0 Å². The largest absolute Gasteiger partial charge is 0.497 e. The molecular formula is C21H19ClFNO3S. The molecule has 0 bridgehead atoms. The fourth-order valence-electron chi connectivity index (χ4n) is 2.92. The standard InChI is InChI=1S/C21H19ClFNO3S/c1-15(16-6-4-3-5-7-16)24(17-8-10-18(27-2)11-9-17)28(25,26)19-12-13-21(23)20(22)14-19/h3-15H,1-2H3/t15-/m1/s1. The molecule has 0 aliphatic rings. The molecule has 0 heterocycles. The molecule has 0 radical (unpaired) electrons. The lowest BCUT2D eigenvalue weighted by Gasteiger charge is -2.31. The van der Waals surface area contributed by atoms with Crippen LogP contribution in [0.1, 0.15) is 18.5 Å². The maximum absolute atomic E-state index is 13.6. The summed E-state index contributed by atoms with van der Waals surface area (Å²) in [7, 11) is -2.48. The van der Waals surface area contributed by atoms with Crippen LogP contribution < -0.4 is 9.04 Å². The second-order valence-electron chi connectivity index (χ2n) is 6.16. The number of anilines is 1. The molecular weight excluding hydrogens is 401 g/mol. The lowest BCUT2D eigenvalue weighted by molar-refractivity contribution is 0.415. The van der Waals surface area contributed by atoms with E-state index in [1.807, 2.05) is 30.3 Å². The van der Waals surface area contributed by atoms with Gasteiger partial charge in [0.25, 0.3) is 10.0 Å². The minimum absolute atomic E-state index is 0.0856. The van der Waals surface area contributed by atoms with Gasteiger partial charge in [-0.1, -0.05) is 41.9 Å². The highest BCUT2D eigenvalue weighted by Gasteiger charge is 2.31. The van der Waals surface area contributed by atoms with E-state index in [0.29, 0.717) is 11.4 Å². The highest BCUT2D eigenvalue weighted by atomic mass is 35.5. The van der Waals surface area contributed by atoms with Crippen LogP contribution in [0.3, 0.4) is 0 Å². The molecule has 3 aromatic carbocycles. The van der Waals surface area contributed by atoms with Crippen molar-refractivity contribution in [2.24, 2.45) is 0 Å². The van der Waals surface area contributed by atoms with Crippen LogP contribution >= 0.6 is 11.6 Å². The van der Waals surface area contributed by atoms with Gasteiger partial charge in [0.2, 0.25) is 0 Å². The summed E-state index contributed by atoms with van der Waals surface area (Å²) in [5, 5.41) is -0.247. The average molecular weight is 420 g/mol. The zero-order valence-electron chi connectivity index (χ0n) is 15.3. The molecule has 3 aromatic rings. The van der Waals surface area contributed by atoms with Crippen molar-refractivity contribution in [1.82, 2.24) is 0 Å². The fourth-order valence-corrected chi connectivity index (χ4v) is 4.83. The summed E-state index contributed by atoms with van der Waals surface area (Å²) >= 11 is 5.83. The normalized spacial score (nSPS) is 12.4. The lowest BCUT2D eigenvalue weighted by atomic mass is 10.1. The number of hydrogen-bond donors (Lipinski definition) is 0. The molecule has 146 valence electrons. The van der Waals surface area contributed by atoms with Gasteiger partial charge in [-0.2, -0.15) is 0 Å². The summed E-state index contributed by atoms with van der Waals surface area (Å²) in [4.78, 5) is -0.0856. The molecule has 0 amide bonds. The number of hydrogen-bond acceptors (Lipinski definition) is 3. The molecule has 0 N–H and O–H groups in total. The number of benzene rings is 3. The van der Waals surface area contributed by atoms with Gasteiger partial charge in [0.05, 0.1) is 28.8 Å². The van der Waals surface area contributed by atoms with E-state index in [1.165, 1.54) is 17.5 Å². The van der Waals surface area contributed by atoms with Crippen LogP contribution in [-0.2, 0) is 10.0 Å². The molecule has 0 unspecified atom stereocenters. The summed E-state index contributed by atoms with van der Waals surface area (Å²) in [6.45, 7) is 1.79. The Labute approximate surface area is 169 Å². The van der Waals surface area contributed by atoms with Crippen LogP contribution in [0.25, 0.3) is 0 Å². The van der Waals surface area contributed by atoms with Crippen molar-refractivity contribution in [2.75, 3.05) is 11.4 Å². The molecule has 7 heteroatoms. The summed E-state index contributed by atoms with van der Waals surface area (Å²) in [6, 6.07) is 18.9.